The molecule has 1 fully saturated rings. The van der Waals surface area contributed by atoms with E-state index in [1.807, 2.05) is 6.08 Å². The van der Waals surface area contributed by atoms with Gasteiger partial charge >= 0.3 is 0 Å². The van der Waals surface area contributed by atoms with Gasteiger partial charge in [-0.3, -0.25) is 0 Å². The molecule has 1 aliphatic carbocycles. The molecular weight excluding hydrogens is 128 g/mol. The molecule has 1 rings (SSSR count). The van der Waals surface area contributed by atoms with E-state index < -0.39 is 0 Å². The summed E-state index contributed by atoms with van der Waals surface area (Å²) in [5.41, 5.74) is 0. The molecule has 0 radical (unpaired) electrons. The van der Waals surface area contributed by atoms with E-state index in [0.717, 1.165) is 11.0 Å². The van der Waals surface area contributed by atoms with Crippen molar-refractivity contribution in [3.8, 4) is 0 Å². The fourth-order valence-electron chi connectivity index (χ4n) is 1.26. The minimum atomic E-state index is 0.961. The van der Waals surface area contributed by atoms with Crippen molar-refractivity contribution in [2.75, 3.05) is 5.75 Å². The minimum absolute atomic E-state index is 0.961. The first kappa shape index (κ1) is 7.20. The Kier molecular flexibility index (Phi) is 3.20. The second-order valence-corrected chi connectivity index (χ2v) is 3.86. The van der Waals surface area contributed by atoms with Crippen LogP contribution in [0, 0.1) is 0 Å². The van der Waals surface area contributed by atoms with Gasteiger partial charge in [-0.25, -0.2) is 0 Å². The number of thioether (sulfide) groups is 1. The second-order valence-electron chi connectivity index (χ2n) is 2.53. The van der Waals surface area contributed by atoms with Crippen LogP contribution in [-0.4, -0.2) is 11.0 Å². The molecule has 1 heteroatoms. The van der Waals surface area contributed by atoms with Gasteiger partial charge in [0.25, 0.3) is 0 Å². The van der Waals surface area contributed by atoms with Crippen LogP contribution >= 0.6 is 11.8 Å². The third-order valence-electron chi connectivity index (χ3n) is 1.75. The van der Waals surface area contributed by atoms with Gasteiger partial charge in [0.2, 0.25) is 0 Å². The summed E-state index contributed by atoms with van der Waals surface area (Å²) in [5, 5.41) is 0.961. The van der Waals surface area contributed by atoms with Crippen LogP contribution < -0.4 is 0 Å². The zero-order valence-electron chi connectivity index (χ0n) is 5.81. The van der Waals surface area contributed by atoms with Crippen LogP contribution in [-0.2, 0) is 0 Å². The van der Waals surface area contributed by atoms with E-state index in [2.05, 4.69) is 18.3 Å². The predicted octanol–water partition coefficient (Wildman–Crippen LogP) is 2.85. The summed E-state index contributed by atoms with van der Waals surface area (Å²) in [6.07, 6.45) is 7.80. The fraction of sp³-hybridized carbons (Fsp3) is 0.750. The van der Waals surface area contributed by atoms with Crippen LogP contribution in [0.3, 0.4) is 0 Å². The van der Waals surface area contributed by atoms with Crippen LogP contribution in [0.4, 0.5) is 0 Å². The molecule has 0 amide bonds. The topological polar surface area (TPSA) is 0 Å². The minimum Gasteiger partial charge on any atom is -0.154 e. The summed E-state index contributed by atoms with van der Waals surface area (Å²) in [4.78, 5) is 0. The zero-order valence-corrected chi connectivity index (χ0v) is 6.62. The highest BCUT2D eigenvalue weighted by molar-refractivity contribution is 8.00. The Labute approximate surface area is 61.7 Å². The van der Waals surface area contributed by atoms with Gasteiger partial charge in [-0.2, -0.15) is 11.8 Å². The van der Waals surface area contributed by atoms with Crippen molar-refractivity contribution in [3.05, 3.63) is 12.7 Å². The van der Waals surface area contributed by atoms with E-state index in [9.17, 15) is 0 Å². The van der Waals surface area contributed by atoms with Crippen molar-refractivity contribution in [1.82, 2.24) is 0 Å². The molecule has 0 atom stereocenters. The molecule has 0 heterocycles. The van der Waals surface area contributed by atoms with Gasteiger partial charge in [-0.1, -0.05) is 18.9 Å². The third kappa shape index (κ3) is 2.44. The van der Waals surface area contributed by atoms with Crippen molar-refractivity contribution in [2.24, 2.45) is 0 Å². The Bertz CT molecular complexity index is 82.6. The van der Waals surface area contributed by atoms with E-state index in [4.69, 9.17) is 0 Å². The summed E-state index contributed by atoms with van der Waals surface area (Å²) in [7, 11) is 0. The fourth-order valence-corrected chi connectivity index (χ4v) is 2.33. The molecule has 0 saturated heterocycles. The van der Waals surface area contributed by atoms with E-state index in [0.29, 0.717) is 0 Å². The number of rotatable bonds is 3. The summed E-state index contributed by atoms with van der Waals surface area (Å²) in [5.74, 6) is 1.14. The standard InChI is InChI=1S/C8H14S/c1-2-7-9-8-5-3-4-6-8/h2,8H,1,3-7H2. The van der Waals surface area contributed by atoms with Crippen molar-refractivity contribution in [2.45, 2.75) is 30.9 Å². The Morgan fingerprint density at radius 3 is 2.67 bits per heavy atom. The molecule has 1 saturated carbocycles. The SMILES string of the molecule is C=CCSC1CCCC1. The summed E-state index contributed by atoms with van der Waals surface area (Å²) >= 11 is 2.07. The van der Waals surface area contributed by atoms with Gasteiger partial charge in [-0.15, -0.1) is 6.58 Å². The van der Waals surface area contributed by atoms with Gasteiger partial charge in [0.15, 0.2) is 0 Å². The van der Waals surface area contributed by atoms with Crippen LogP contribution in [0.2, 0.25) is 0 Å². The number of hydrogen-bond donors (Lipinski definition) is 0. The van der Waals surface area contributed by atoms with E-state index >= 15 is 0 Å². The molecular formula is C8H14S. The Morgan fingerprint density at radius 1 is 1.44 bits per heavy atom. The van der Waals surface area contributed by atoms with E-state index in [-0.39, 0.29) is 0 Å². The van der Waals surface area contributed by atoms with Gasteiger partial charge in [0.1, 0.15) is 0 Å². The molecule has 0 unspecified atom stereocenters. The number of hydrogen-bond acceptors (Lipinski definition) is 1. The van der Waals surface area contributed by atoms with Crippen molar-refractivity contribution in [1.29, 1.82) is 0 Å². The largest absolute Gasteiger partial charge is 0.154 e. The molecule has 0 spiro atoms. The van der Waals surface area contributed by atoms with Gasteiger partial charge in [-0.05, 0) is 12.8 Å². The molecule has 52 valence electrons. The molecule has 0 N–H and O–H groups in total. The van der Waals surface area contributed by atoms with Crippen LogP contribution in [0.1, 0.15) is 25.7 Å². The van der Waals surface area contributed by atoms with Crippen LogP contribution in [0.15, 0.2) is 12.7 Å². The highest BCUT2D eigenvalue weighted by atomic mass is 32.2. The first-order chi connectivity index (χ1) is 4.43. The molecule has 9 heavy (non-hydrogen) atoms. The maximum atomic E-state index is 3.70. The lowest BCUT2D eigenvalue weighted by molar-refractivity contribution is 0.886. The second kappa shape index (κ2) is 3.99. The average molecular weight is 142 g/mol. The first-order valence-electron chi connectivity index (χ1n) is 3.66. The quantitative estimate of drug-likeness (QED) is 0.546. The summed E-state index contributed by atoms with van der Waals surface area (Å²) < 4.78 is 0. The average Bonchev–Trinajstić information content (AvgIpc) is 2.34. The van der Waals surface area contributed by atoms with Crippen molar-refractivity contribution < 1.29 is 0 Å². The zero-order chi connectivity index (χ0) is 6.53. The molecule has 0 aromatic carbocycles. The highest BCUT2D eigenvalue weighted by Crippen LogP contribution is 2.28. The maximum Gasteiger partial charge on any atom is 0.0113 e. The normalized spacial score (nSPS) is 20.4. The Hall–Kier alpha value is 0.0900. The molecule has 0 aromatic heterocycles. The summed E-state index contributed by atoms with van der Waals surface area (Å²) in [6, 6.07) is 0. The van der Waals surface area contributed by atoms with Crippen LogP contribution in [0.5, 0.6) is 0 Å². The van der Waals surface area contributed by atoms with Crippen LogP contribution in [0.25, 0.3) is 0 Å². The van der Waals surface area contributed by atoms with Crippen molar-refractivity contribution >= 4 is 11.8 Å². The Balaban J connectivity index is 2.04. The van der Waals surface area contributed by atoms with E-state index in [1.54, 1.807) is 0 Å². The molecule has 0 bridgehead atoms. The lowest BCUT2D eigenvalue weighted by Crippen LogP contribution is -1.93. The molecule has 0 aliphatic heterocycles. The van der Waals surface area contributed by atoms with Gasteiger partial charge in [0, 0.05) is 11.0 Å². The lowest BCUT2D eigenvalue weighted by atomic mass is 10.4. The Morgan fingerprint density at radius 2 is 2.11 bits per heavy atom. The monoisotopic (exact) mass is 142 g/mol. The summed E-state index contributed by atoms with van der Waals surface area (Å²) in [6.45, 7) is 3.70. The van der Waals surface area contributed by atoms with Crippen molar-refractivity contribution in [3.63, 3.8) is 0 Å². The molecule has 0 aromatic rings. The van der Waals surface area contributed by atoms with Gasteiger partial charge < -0.3 is 0 Å². The molecule has 1 aliphatic rings. The van der Waals surface area contributed by atoms with Gasteiger partial charge in [0.05, 0.1) is 0 Å². The lowest BCUT2D eigenvalue weighted by Gasteiger charge is -2.04. The maximum absolute atomic E-state index is 3.70. The molecule has 0 nitrogen and oxygen atoms in total. The highest BCUT2D eigenvalue weighted by Gasteiger charge is 2.13. The third-order valence-corrected chi connectivity index (χ3v) is 3.12. The first-order valence-corrected chi connectivity index (χ1v) is 4.71. The predicted molar refractivity (Wildman–Crippen MR) is 44.9 cm³/mol. The smallest absolute Gasteiger partial charge is 0.0113 e. The van der Waals surface area contributed by atoms with E-state index in [1.165, 1.54) is 25.7 Å².